The number of piperidine rings is 1. The molecule has 1 heterocycles. The second kappa shape index (κ2) is 5.64. The molecule has 2 N–H and O–H groups in total. The van der Waals surface area contributed by atoms with Crippen molar-refractivity contribution in [2.75, 3.05) is 18.8 Å². The molecule has 2 rings (SSSR count). The first-order chi connectivity index (χ1) is 9.02. The zero-order chi connectivity index (χ0) is 13.9. The van der Waals surface area contributed by atoms with Crippen molar-refractivity contribution in [3.63, 3.8) is 0 Å². The molecule has 1 aliphatic rings. The van der Waals surface area contributed by atoms with Crippen LogP contribution in [-0.4, -0.2) is 23.9 Å². The maximum Gasteiger partial charge on any atom is 0.227 e. The Balaban J connectivity index is 1.98. The number of carbonyl (C=O) groups excluding carboxylic acids is 1. The van der Waals surface area contributed by atoms with Crippen molar-refractivity contribution in [3.05, 3.63) is 29.8 Å². The molecule has 19 heavy (non-hydrogen) atoms. The summed E-state index contributed by atoms with van der Waals surface area (Å²) in [6.45, 7) is 6.31. The number of hydrogen-bond acceptors (Lipinski definition) is 2. The highest BCUT2D eigenvalue weighted by molar-refractivity contribution is 5.79. The van der Waals surface area contributed by atoms with Gasteiger partial charge in [-0.15, -0.1) is 0 Å². The number of likely N-dealkylation sites (tertiary alicyclic amines) is 1. The van der Waals surface area contributed by atoms with Crippen molar-refractivity contribution in [1.82, 2.24) is 4.90 Å². The first-order valence-electron chi connectivity index (χ1n) is 7.15. The van der Waals surface area contributed by atoms with Crippen LogP contribution in [0.15, 0.2) is 24.3 Å². The number of anilines is 1. The molecule has 3 nitrogen and oxygen atoms in total. The van der Waals surface area contributed by atoms with Crippen molar-refractivity contribution in [3.8, 4) is 0 Å². The fourth-order valence-electron chi connectivity index (χ4n) is 2.74. The van der Waals surface area contributed by atoms with E-state index in [4.69, 9.17) is 5.73 Å². The molecular formula is C16H24N2O. The number of rotatable bonds is 3. The van der Waals surface area contributed by atoms with Crippen LogP contribution in [0.5, 0.6) is 0 Å². The van der Waals surface area contributed by atoms with Gasteiger partial charge >= 0.3 is 0 Å². The smallest absolute Gasteiger partial charge is 0.227 e. The summed E-state index contributed by atoms with van der Waals surface area (Å²) in [5.74, 6) is 0.240. The maximum absolute atomic E-state index is 12.4. The lowest BCUT2D eigenvalue weighted by Gasteiger charge is -2.40. The maximum atomic E-state index is 12.4. The van der Waals surface area contributed by atoms with Crippen LogP contribution in [0.25, 0.3) is 0 Å². The lowest BCUT2D eigenvalue weighted by molar-refractivity contribution is -0.133. The molecule has 1 unspecified atom stereocenters. The van der Waals surface area contributed by atoms with E-state index < -0.39 is 0 Å². The van der Waals surface area contributed by atoms with E-state index in [2.05, 4.69) is 13.8 Å². The van der Waals surface area contributed by atoms with Crippen molar-refractivity contribution < 1.29 is 4.79 Å². The molecule has 0 spiro atoms. The SMILES string of the molecule is CCC1(C)CCCN(C(=O)Cc2ccc(N)cc2)C1. The van der Waals surface area contributed by atoms with Gasteiger partial charge in [0.25, 0.3) is 0 Å². The molecule has 104 valence electrons. The van der Waals surface area contributed by atoms with E-state index in [1.54, 1.807) is 0 Å². The fourth-order valence-corrected chi connectivity index (χ4v) is 2.74. The molecule has 1 atom stereocenters. The molecule has 1 aliphatic heterocycles. The lowest BCUT2D eigenvalue weighted by atomic mass is 9.79. The highest BCUT2D eigenvalue weighted by Gasteiger charge is 2.31. The number of benzene rings is 1. The Morgan fingerprint density at radius 2 is 2.05 bits per heavy atom. The molecule has 0 aliphatic carbocycles. The predicted molar refractivity (Wildman–Crippen MR) is 78.8 cm³/mol. The Kier molecular flexibility index (Phi) is 4.13. The Morgan fingerprint density at radius 3 is 2.68 bits per heavy atom. The number of nitrogens with zero attached hydrogens (tertiary/aromatic N) is 1. The van der Waals surface area contributed by atoms with Gasteiger partial charge in [-0.05, 0) is 42.4 Å². The average Bonchev–Trinajstić information content (AvgIpc) is 2.41. The molecule has 1 amide bonds. The summed E-state index contributed by atoms with van der Waals surface area (Å²) >= 11 is 0. The second-order valence-corrected chi connectivity index (χ2v) is 6.00. The van der Waals surface area contributed by atoms with E-state index in [0.717, 1.165) is 37.2 Å². The third kappa shape index (κ3) is 3.49. The minimum atomic E-state index is 0.240. The van der Waals surface area contributed by atoms with Crippen molar-refractivity contribution in [1.29, 1.82) is 0 Å². The van der Waals surface area contributed by atoms with E-state index in [1.807, 2.05) is 29.2 Å². The largest absolute Gasteiger partial charge is 0.399 e. The lowest BCUT2D eigenvalue weighted by Crippen LogP contribution is -2.45. The second-order valence-electron chi connectivity index (χ2n) is 6.00. The van der Waals surface area contributed by atoms with Gasteiger partial charge in [-0.2, -0.15) is 0 Å². The summed E-state index contributed by atoms with van der Waals surface area (Å²) < 4.78 is 0. The number of nitrogens with two attached hydrogens (primary N) is 1. The molecule has 0 saturated carbocycles. The average molecular weight is 260 g/mol. The number of carbonyl (C=O) groups is 1. The van der Waals surface area contributed by atoms with Gasteiger partial charge in [-0.1, -0.05) is 26.0 Å². The van der Waals surface area contributed by atoms with E-state index >= 15 is 0 Å². The Hall–Kier alpha value is -1.51. The molecule has 0 aromatic heterocycles. The van der Waals surface area contributed by atoms with Crippen LogP contribution in [-0.2, 0) is 11.2 Å². The molecule has 0 bridgehead atoms. The normalized spacial score (nSPS) is 23.4. The topological polar surface area (TPSA) is 46.3 Å². The summed E-state index contributed by atoms with van der Waals surface area (Å²) in [5.41, 5.74) is 7.75. The molecule has 1 fully saturated rings. The minimum absolute atomic E-state index is 0.240. The first-order valence-corrected chi connectivity index (χ1v) is 7.15. The summed E-state index contributed by atoms with van der Waals surface area (Å²) in [4.78, 5) is 14.4. The Labute approximate surface area is 115 Å². The van der Waals surface area contributed by atoms with Crippen molar-refractivity contribution in [2.24, 2.45) is 5.41 Å². The summed E-state index contributed by atoms with van der Waals surface area (Å²) in [6, 6.07) is 7.59. The third-order valence-electron chi connectivity index (χ3n) is 4.32. The quantitative estimate of drug-likeness (QED) is 0.849. The summed E-state index contributed by atoms with van der Waals surface area (Å²) in [6.07, 6.45) is 3.98. The number of amides is 1. The van der Waals surface area contributed by atoms with Gasteiger partial charge in [-0.25, -0.2) is 0 Å². The molecule has 3 heteroatoms. The highest BCUT2D eigenvalue weighted by atomic mass is 16.2. The van der Waals surface area contributed by atoms with Gasteiger partial charge in [0.05, 0.1) is 6.42 Å². The Morgan fingerprint density at radius 1 is 1.37 bits per heavy atom. The molecule has 0 radical (unpaired) electrons. The molecule has 1 aromatic carbocycles. The van der Waals surface area contributed by atoms with Crippen LogP contribution in [0.4, 0.5) is 5.69 Å². The van der Waals surface area contributed by atoms with E-state index in [0.29, 0.717) is 11.8 Å². The van der Waals surface area contributed by atoms with Gasteiger partial charge in [0.2, 0.25) is 5.91 Å². The summed E-state index contributed by atoms with van der Waals surface area (Å²) in [5, 5.41) is 0. The monoisotopic (exact) mass is 260 g/mol. The molecule has 1 aromatic rings. The van der Waals surface area contributed by atoms with Crippen LogP contribution in [0.2, 0.25) is 0 Å². The van der Waals surface area contributed by atoms with E-state index in [9.17, 15) is 4.79 Å². The van der Waals surface area contributed by atoms with Crippen LogP contribution in [0.3, 0.4) is 0 Å². The number of hydrogen-bond donors (Lipinski definition) is 1. The Bertz CT molecular complexity index is 441. The van der Waals surface area contributed by atoms with Crippen LogP contribution in [0.1, 0.15) is 38.7 Å². The van der Waals surface area contributed by atoms with Gasteiger partial charge in [0, 0.05) is 18.8 Å². The standard InChI is InChI=1S/C16H24N2O/c1-3-16(2)9-4-10-18(12-16)15(19)11-13-5-7-14(17)8-6-13/h5-8H,3-4,9-12,17H2,1-2H3. The van der Waals surface area contributed by atoms with Gasteiger partial charge in [0.1, 0.15) is 0 Å². The molecule has 1 saturated heterocycles. The minimum Gasteiger partial charge on any atom is -0.399 e. The van der Waals surface area contributed by atoms with Crippen LogP contribution >= 0.6 is 0 Å². The van der Waals surface area contributed by atoms with Crippen LogP contribution in [0, 0.1) is 5.41 Å². The highest BCUT2D eigenvalue weighted by Crippen LogP contribution is 2.32. The first kappa shape index (κ1) is 13.9. The van der Waals surface area contributed by atoms with E-state index in [-0.39, 0.29) is 5.91 Å². The summed E-state index contributed by atoms with van der Waals surface area (Å²) in [7, 11) is 0. The fraction of sp³-hybridized carbons (Fsp3) is 0.562. The third-order valence-corrected chi connectivity index (χ3v) is 4.32. The zero-order valence-electron chi connectivity index (χ0n) is 12.0. The van der Waals surface area contributed by atoms with Gasteiger partial charge in [-0.3, -0.25) is 4.79 Å². The molecular weight excluding hydrogens is 236 g/mol. The van der Waals surface area contributed by atoms with E-state index in [1.165, 1.54) is 6.42 Å². The number of nitrogen functional groups attached to an aromatic ring is 1. The zero-order valence-corrected chi connectivity index (χ0v) is 12.0. The van der Waals surface area contributed by atoms with Crippen molar-refractivity contribution >= 4 is 11.6 Å². The van der Waals surface area contributed by atoms with Crippen molar-refractivity contribution in [2.45, 2.75) is 39.5 Å². The predicted octanol–water partition coefficient (Wildman–Crippen LogP) is 2.85. The van der Waals surface area contributed by atoms with Gasteiger partial charge < -0.3 is 10.6 Å². The van der Waals surface area contributed by atoms with Gasteiger partial charge in [0.15, 0.2) is 0 Å². The van der Waals surface area contributed by atoms with Crippen LogP contribution < -0.4 is 5.73 Å².